The second-order valence-corrected chi connectivity index (χ2v) is 5.39. The Kier molecular flexibility index (Phi) is 6.37. The van der Waals surface area contributed by atoms with Crippen LogP contribution in [-0.4, -0.2) is 24.9 Å². The van der Waals surface area contributed by atoms with E-state index in [4.69, 9.17) is 0 Å². The van der Waals surface area contributed by atoms with Crippen molar-refractivity contribution in [2.24, 2.45) is 0 Å². The van der Waals surface area contributed by atoms with Gasteiger partial charge in [0, 0.05) is 23.5 Å². The molecule has 2 amide bonds. The lowest BCUT2D eigenvalue weighted by atomic mass is 10.1. The molecule has 0 heterocycles. The molecule has 126 valence electrons. The summed E-state index contributed by atoms with van der Waals surface area (Å²) >= 11 is 0. The third kappa shape index (κ3) is 5.12. The largest absolute Gasteiger partial charge is 0.376 e. The summed E-state index contributed by atoms with van der Waals surface area (Å²) < 4.78 is 0. The predicted molar refractivity (Wildman–Crippen MR) is 97.4 cm³/mol. The van der Waals surface area contributed by atoms with Crippen molar-refractivity contribution in [3.8, 4) is 0 Å². The second-order valence-electron chi connectivity index (χ2n) is 5.39. The van der Waals surface area contributed by atoms with E-state index in [9.17, 15) is 9.59 Å². The Morgan fingerprint density at radius 3 is 2.38 bits per heavy atom. The molecule has 0 radical (unpaired) electrons. The first-order chi connectivity index (χ1) is 11.6. The molecular weight excluding hydrogens is 302 g/mol. The van der Waals surface area contributed by atoms with Crippen LogP contribution in [0.25, 0.3) is 0 Å². The van der Waals surface area contributed by atoms with Crippen LogP contribution < -0.4 is 16.0 Å². The summed E-state index contributed by atoms with van der Waals surface area (Å²) in [5.41, 5.74) is 3.29. The molecule has 0 aliphatic carbocycles. The summed E-state index contributed by atoms with van der Waals surface area (Å²) in [6.45, 7) is 4.69. The third-order valence-electron chi connectivity index (χ3n) is 3.56. The molecule has 0 atom stereocenters. The number of rotatable bonds is 7. The Labute approximate surface area is 142 Å². The van der Waals surface area contributed by atoms with E-state index in [0.29, 0.717) is 17.8 Å². The minimum absolute atomic E-state index is 0.150. The van der Waals surface area contributed by atoms with E-state index in [0.717, 1.165) is 12.1 Å². The second kappa shape index (κ2) is 8.72. The van der Waals surface area contributed by atoms with Gasteiger partial charge in [0.15, 0.2) is 0 Å². The van der Waals surface area contributed by atoms with E-state index in [1.807, 2.05) is 31.2 Å². The highest BCUT2D eigenvalue weighted by Gasteiger charge is 2.07. The van der Waals surface area contributed by atoms with E-state index in [1.54, 1.807) is 24.3 Å². The smallest absolute Gasteiger partial charge is 0.251 e. The summed E-state index contributed by atoms with van der Waals surface area (Å²) in [6.07, 6.45) is 0.989. The van der Waals surface area contributed by atoms with Gasteiger partial charge in [0.05, 0.1) is 6.54 Å². The molecule has 2 aromatic rings. The summed E-state index contributed by atoms with van der Waals surface area (Å²) in [4.78, 5) is 23.9. The topological polar surface area (TPSA) is 70.2 Å². The number of benzene rings is 2. The summed E-state index contributed by atoms with van der Waals surface area (Å²) in [7, 11) is 0. The summed E-state index contributed by atoms with van der Waals surface area (Å²) in [6, 6.07) is 14.9. The zero-order valence-electron chi connectivity index (χ0n) is 14.1. The number of nitrogens with one attached hydrogen (secondary N) is 3. The Morgan fingerprint density at radius 1 is 0.958 bits per heavy atom. The number of carbonyl (C=O) groups is 2. The summed E-state index contributed by atoms with van der Waals surface area (Å²) in [5.74, 6) is -0.314. The number of aryl methyl sites for hydroxylation is 1. The minimum atomic E-state index is -0.164. The van der Waals surface area contributed by atoms with Gasteiger partial charge in [0.25, 0.3) is 5.91 Å². The first kappa shape index (κ1) is 17.5. The van der Waals surface area contributed by atoms with Crippen molar-refractivity contribution < 1.29 is 9.59 Å². The van der Waals surface area contributed by atoms with Crippen molar-refractivity contribution >= 4 is 23.2 Å². The van der Waals surface area contributed by atoms with Gasteiger partial charge in [-0.05, 0) is 49.2 Å². The Bertz CT molecular complexity index is 696. The molecule has 0 unspecified atom stereocenters. The number of anilines is 2. The Hall–Kier alpha value is -2.82. The first-order valence-electron chi connectivity index (χ1n) is 8.13. The highest BCUT2D eigenvalue weighted by molar-refractivity contribution is 5.98. The van der Waals surface area contributed by atoms with Crippen molar-refractivity contribution in [3.63, 3.8) is 0 Å². The van der Waals surface area contributed by atoms with Gasteiger partial charge in [-0.15, -0.1) is 0 Å². The molecule has 0 saturated carbocycles. The van der Waals surface area contributed by atoms with E-state index >= 15 is 0 Å². The highest BCUT2D eigenvalue weighted by atomic mass is 16.2. The van der Waals surface area contributed by atoms with Crippen LogP contribution in [0.5, 0.6) is 0 Å². The van der Waals surface area contributed by atoms with E-state index in [2.05, 4.69) is 22.9 Å². The van der Waals surface area contributed by atoms with Crippen molar-refractivity contribution in [3.05, 3.63) is 59.7 Å². The maximum atomic E-state index is 12.0. The maximum absolute atomic E-state index is 12.0. The van der Waals surface area contributed by atoms with Crippen molar-refractivity contribution in [1.29, 1.82) is 0 Å². The Morgan fingerprint density at radius 2 is 1.71 bits per heavy atom. The van der Waals surface area contributed by atoms with Gasteiger partial charge in [-0.2, -0.15) is 0 Å². The van der Waals surface area contributed by atoms with Crippen LogP contribution in [-0.2, 0) is 11.2 Å². The lowest BCUT2D eigenvalue weighted by Gasteiger charge is -2.09. The molecule has 5 nitrogen and oxygen atoms in total. The Balaban J connectivity index is 1.89. The fourth-order valence-corrected chi connectivity index (χ4v) is 2.25. The van der Waals surface area contributed by atoms with Crippen LogP contribution >= 0.6 is 0 Å². The first-order valence-corrected chi connectivity index (χ1v) is 8.13. The highest BCUT2D eigenvalue weighted by Crippen LogP contribution is 2.12. The van der Waals surface area contributed by atoms with Gasteiger partial charge in [0.1, 0.15) is 0 Å². The SMILES string of the molecule is CCNC(=O)c1cccc(NC(=O)CNc2ccc(CC)cc2)c1. The van der Waals surface area contributed by atoms with Crippen LogP contribution in [0.3, 0.4) is 0 Å². The van der Waals surface area contributed by atoms with Gasteiger partial charge in [0.2, 0.25) is 5.91 Å². The molecule has 2 rings (SSSR count). The lowest BCUT2D eigenvalue weighted by Crippen LogP contribution is -2.24. The molecule has 24 heavy (non-hydrogen) atoms. The normalized spacial score (nSPS) is 10.1. The monoisotopic (exact) mass is 325 g/mol. The number of hydrogen-bond donors (Lipinski definition) is 3. The summed E-state index contributed by atoms with van der Waals surface area (Å²) in [5, 5.41) is 8.61. The lowest BCUT2D eigenvalue weighted by molar-refractivity contribution is -0.114. The minimum Gasteiger partial charge on any atom is -0.376 e. The molecule has 0 saturated heterocycles. The molecular formula is C19H23N3O2. The van der Waals surface area contributed by atoms with Crippen LogP contribution in [0.15, 0.2) is 48.5 Å². The van der Waals surface area contributed by atoms with Gasteiger partial charge in [-0.25, -0.2) is 0 Å². The molecule has 3 N–H and O–H groups in total. The van der Waals surface area contributed by atoms with Gasteiger partial charge < -0.3 is 16.0 Å². The van der Waals surface area contributed by atoms with E-state index in [-0.39, 0.29) is 18.4 Å². The average Bonchev–Trinajstić information content (AvgIpc) is 2.61. The van der Waals surface area contributed by atoms with Crippen molar-refractivity contribution in [2.45, 2.75) is 20.3 Å². The predicted octanol–water partition coefficient (Wildman–Crippen LogP) is 3.05. The molecule has 0 fully saturated rings. The van der Waals surface area contributed by atoms with Crippen molar-refractivity contribution in [1.82, 2.24) is 5.32 Å². The average molecular weight is 325 g/mol. The standard InChI is InChI=1S/C19H23N3O2/c1-3-14-8-10-16(11-9-14)21-13-18(23)22-17-7-5-6-15(12-17)19(24)20-4-2/h5-12,21H,3-4,13H2,1-2H3,(H,20,24)(H,22,23). The molecule has 0 aromatic heterocycles. The quantitative estimate of drug-likeness (QED) is 0.733. The number of amides is 2. The molecule has 0 bridgehead atoms. The number of hydrogen-bond acceptors (Lipinski definition) is 3. The van der Waals surface area contributed by atoms with Crippen LogP contribution in [0, 0.1) is 0 Å². The molecule has 5 heteroatoms. The van der Waals surface area contributed by atoms with E-state index < -0.39 is 0 Å². The molecule has 0 aliphatic rings. The van der Waals surface area contributed by atoms with Crippen LogP contribution in [0.1, 0.15) is 29.8 Å². The van der Waals surface area contributed by atoms with Crippen LogP contribution in [0.4, 0.5) is 11.4 Å². The molecule has 0 spiro atoms. The third-order valence-corrected chi connectivity index (χ3v) is 3.56. The van der Waals surface area contributed by atoms with Crippen LogP contribution in [0.2, 0.25) is 0 Å². The molecule has 2 aromatic carbocycles. The number of carbonyl (C=O) groups excluding carboxylic acids is 2. The van der Waals surface area contributed by atoms with Gasteiger partial charge in [-0.1, -0.05) is 25.1 Å². The van der Waals surface area contributed by atoms with E-state index in [1.165, 1.54) is 5.56 Å². The zero-order chi connectivity index (χ0) is 17.4. The fourth-order valence-electron chi connectivity index (χ4n) is 2.25. The fraction of sp³-hybridized carbons (Fsp3) is 0.263. The van der Waals surface area contributed by atoms with Gasteiger partial charge >= 0.3 is 0 Å². The zero-order valence-corrected chi connectivity index (χ0v) is 14.1. The van der Waals surface area contributed by atoms with Crippen molar-refractivity contribution in [2.75, 3.05) is 23.7 Å². The van der Waals surface area contributed by atoms with Gasteiger partial charge in [-0.3, -0.25) is 9.59 Å². The maximum Gasteiger partial charge on any atom is 0.251 e. The molecule has 0 aliphatic heterocycles.